The molecular weight excluding hydrogens is 288 g/mol. The topological polar surface area (TPSA) is 92.3 Å². The van der Waals surface area contributed by atoms with Crippen molar-refractivity contribution in [3.63, 3.8) is 0 Å². The zero-order valence-electron chi connectivity index (χ0n) is 10.9. The Kier molecular flexibility index (Phi) is 5.48. The molecule has 2 N–H and O–H groups in total. The van der Waals surface area contributed by atoms with E-state index in [1.54, 1.807) is 12.1 Å². The Bertz CT molecular complexity index is 607. The SMILES string of the molecule is CNS(=O)(=O)CCNS(=O)(=O)Cc1ccc(C)cc1. The van der Waals surface area contributed by atoms with Gasteiger partial charge >= 0.3 is 0 Å². The molecule has 0 atom stereocenters. The average molecular weight is 306 g/mol. The fraction of sp³-hybridized carbons (Fsp3) is 0.455. The fourth-order valence-electron chi connectivity index (χ4n) is 1.39. The molecule has 0 unspecified atom stereocenters. The van der Waals surface area contributed by atoms with Crippen LogP contribution in [0.3, 0.4) is 0 Å². The van der Waals surface area contributed by atoms with Crippen molar-refractivity contribution in [1.82, 2.24) is 9.44 Å². The number of aryl methyl sites for hydroxylation is 1. The van der Waals surface area contributed by atoms with Crippen molar-refractivity contribution in [2.24, 2.45) is 0 Å². The molecule has 0 bridgehead atoms. The van der Waals surface area contributed by atoms with E-state index < -0.39 is 20.0 Å². The second-order valence-electron chi connectivity index (χ2n) is 4.16. The summed E-state index contributed by atoms with van der Waals surface area (Å²) in [7, 11) is -5.63. The quantitative estimate of drug-likeness (QED) is 0.739. The van der Waals surface area contributed by atoms with E-state index in [1.807, 2.05) is 19.1 Å². The standard InChI is InChI=1S/C11H18N2O4S2/c1-10-3-5-11(6-4-10)9-19(16,17)13-7-8-18(14,15)12-2/h3-6,12-13H,7-9H2,1-2H3. The van der Waals surface area contributed by atoms with Crippen molar-refractivity contribution in [1.29, 1.82) is 0 Å². The lowest BCUT2D eigenvalue weighted by Crippen LogP contribution is -2.33. The van der Waals surface area contributed by atoms with Crippen LogP contribution >= 0.6 is 0 Å². The van der Waals surface area contributed by atoms with Crippen LogP contribution in [0.1, 0.15) is 11.1 Å². The predicted octanol–water partition coefficient (Wildman–Crippen LogP) is -0.0364. The van der Waals surface area contributed by atoms with E-state index in [0.29, 0.717) is 5.56 Å². The van der Waals surface area contributed by atoms with Crippen LogP contribution in [0, 0.1) is 6.92 Å². The third-order valence-electron chi connectivity index (χ3n) is 2.48. The molecule has 0 aliphatic heterocycles. The Morgan fingerprint density at radius 2 is 1.58 bits per heavy atom. The van der Waals surface area contributed by atoms with Crippen LogP contribution in [0.5, 0.6) is 0 Å². The molecule has 1 aromatic rings. The van der Waals surface area contributed by atoms with Gasteiger partial charge in [0.2, 0.25) is 20.0 Å². The first kappa shape index (κ1) is 16.1. The van der Waals surface area contributed by atoms with E-state index in [-0.39, 0.29) is 18.1 Å². The lowest BCUT2D eigenvalue weighted by atomic mass is 10.2. The first-order chi connectivity index (χ1) is 8.74. The highest BCUT2D eigenvalue weighted by Crippen LogP contribution is 2.06. The molecule has 8 heteroatoms. The highest BCUT2D eigenvalue weighted by molar-refractivity contribution is 7.90. The minimum absolute atomic E-state index is 0.141. The van der Waals surface area contributed by atoms with Gasteiger partial charge in [0.1, 0.15) is 0 Å². The minimum Gasteiger partial charge on any atom is -0.218 e. The largest absolute Gasteiger partial charge is 0.218 e. The maximum Gasteiger partial charge on any atom is 0.215 e. The van der Waals surface area contributed by atoms with Gasteiger partial charge in [-0.25, -0.2) is 26.3 Å². The first-order valence-electron chi connectivity index (χ1n) is 5.68. The second kappa shape index (κ2) is 6.47. The third kappa shape index (κ3) is 6.15. The Labute approximate surface area is 114 Å². The molecular formula is C11H18N2O4S2. The highest BCUT2D eigenvalue weighted by Gasteiger charge is 2.13. The summed E-state index contributed by atoms with van der Waals surface area (Å²) in [6, 6.07) is 7.13. The number of hydrogen-bond donors (Lipinski definition) is 2. The zero-order valence-corrected chi connectivity index (χ0v) is 12.5. The molecule has 0 radical (unpaired) electrons. The summed E-state index contributed by atoms with van der Waals surface area (Å²) >= 11 is 0. The highest BCUT2D eigenvalue weighted by atomic mass is 32.2. The van der Waals surface area contributed by atoms with E-state index in [0.717, 1.165) is 5.56 Å². The number of rotatable bonds is 7. The fourth-order valence-corrected chi connectivity index (χ4v) is 3.24. The maximum atomic E-state index is 11.7. The molecule has 0 spiro atoms. The van der Waals surface area contributed by atoms with Crippen molar-refractivity contribution in [3.8, 4) is 0 Å². The smallest absolute Gasteiger partial charge is 0.215 e. The lowest BCUT2D eigenvalue weighted by Gasteiger charge is -2.07. The van der Waals surface area contributed by atoms with Gasteiger partial charge in [0.25, 0.3) is 0 Å². The monoisotopic (exact) mass is 306 g/mol. The maximum absolute atomic E-state index is 11.7. The van der Waals surface area contributed by atoms with Crippen molar-refractivity contribution in [2.75, 3.05) is 19.3 Å². The number of hydrogen-bond acceptors (Lipinski definition) is 4. The zero-order chi connectivity index (χ0) is 14.5. The normalized spacial score (nSPS) is 12.5. The molecule has 0 aliphatic rings. The van der Waals surface area contributed by atoms with E-state index >= 15 is 0 Å². The molecule has 0 amide bonds. The Morgan fingerprint density at radius 1 is 1.00 bits per heavy atom. The summed E-state index contributed by atoms with van der Waals surface area (Å²) in [5.41, 5.74) is 1.71. The number of nitrogens with one attached hydrogen (secondary N) is 2. The molecule has 0 aromatic heterocycles. The van der Waals surface area contributed by atoms with Gasteiger partial charge in [-0.2, -0.15) is 0 Å². The number of benzene rings is 1. The molecule has 6 nitrogen and oxygen atoms in total. The molecule has 0 aliphatic carbocycles. The molecule has 0 saturated heterocycles. The van der Waals surface area contributed by atoms with Gasteiger partial charge in [0.05, 0.1) is 11.5 Å². The molecule has 0 heterocycles. The van der Waals surface area contributed by atoms with Gasteiger partial charge in [-0.15, -0.1) is 0 Å². The molecule has 1 rings (SSSR count). The molecule has 19 heavy (non-hydrogen) atoms. The van der Waals surface area contributed by atoms with E-state index in [2.05, 4.69) is 9.44 Å². The minimum atomic E-state index is -3.52. The molecule has 1 aromatic carbocycles. The van der Waals surface area contributed by atoms with Gasteiger partial charge in [-0.05, 0) is 19.5 Å². The van der Waals surface area contributed by atoms with Crippen LogP contribution in [-0.2, 0) is 25.8 Å². The summed E-state index contributed by atoms with van der Waals surface area (Å²) in [6.45, 7) is 1.77. The first-order valence-corrected chi connectivity index (χ1v) is 8.99. The van der Waals surface area contributed by atoms with E-state index in [1.165, 1.54) is 7.05 Å². The predicted molar refractivity (Wildman–Crippen MR) is 74.7 cm³/mol. The van der Waals surface area contributed by atoms with Crippen molar-refractivity contribution >= 4 is 20.0 Å². The van der Waals surface area contributed by atoms with Crippen LogP contribution in [0.15, 0.2) is 24.3 Å². The summed E-state index contributed by atoms with van der Waals surface area (Å²) < 4.78 is 50.1. The van der Waals surface area contributed by atoms with E-state index in [9.17, 15) is 16.8 Å². The molecule has 0 fully saturated rings. The van der Waals surface area contributed by atoms with Gasteiger partial charge in [0.15, 0.2) is 0 Å². The lowest BCUT2D eigenvalue weighted by molar-refractivity contribution is 0.578. The summed E-state index contributed by atoms with van der Waals surface area (Å²) in [6.07, 6.45) is 0. The summed E-state index contributed by atoms with van der Waals surface area (Å²) in [5, 5.41) is 0. The van der Waals surface area contributed by atoms with Crippen molar-refractivity contribution in [2.45, 2.75) is 12.7 Å². The van der Waals surface area contributed by atoms with Gasteiger partial charge in [-0.3, -0.25) is 0 Å². The molecule has 0 saturated carbocycles. The summed E-state index contributed by atoms with van der Waals surface area (Å²) in [5.74, 6) is -0.441. The van der Waals surface area contributed by atoms with Crippen LogP contribution in [0.4, 0.5) is 0 Å². The van der Waals surface area contributed by atoms with Crippen LogP contribution in [0.25, 0.3) is 0 Å². The van der Waals surface area contributed by atoms with Gasteiger partial charge in [-0.1, -0.05) is 29.8 Å². The van der Waals surface area contributed by atoms with Crippen LogP contribution in [-0.4, -0.2) is 36.2 Å². The Morgan fingerprint density at radius 3 is 2.11 bits per heavy atom. The average Bonchev–Trinajstić information content (AvgIpc) is 2.31. The third-order valence-corrected chi connectivity index (χ3v) is 5.20. The number of sulfonamides is 2. The van der Waals surface area contributed by atoms with Crippen LogP contribution < -0.4 is 9.44 Å². The van der Waals surface area contributed by atoms with Gasteiger partial charge < -0.3 is 0 Å². The Balaban J connectivity index is 2.55. The Hall–Kier alpha value is -0.960. The molecule has 108 valence electrons. The summed E-state index contributed by atoms with van der Waals surface area (Å²) in [4.78, 5) is 0. The second-order valence-corrected chi connectivity index (χ2v) is 8.01. The van der Waals surface area contributed by atoms with E-state index in [4.69, 9.17) is 0 Å². The van der Waals surface area contributed by atoms with Gasteiger partial charge in [0, 0.05) is 6.54 Å². The van der Waals surface area contributed by atoms with Crippen LogP contribution in [0.2, 0.25) is 0 Å². The van der Waals surface area contributed by atoms with Crippen molar-refractivity contribution in [3.05, 3.63) is 35.4 Å². The van der Waals surface area contributed by atoms with Crippen molar-refractivity contribution < 1.29 is 16.8 Å².